The quantitative estimate of drug-likeness (QED) is 0.734. The number of nitrogens with zero attached hydrogens (tertiary/aromatic N) is 1. The van der Waals surface area contributed by atoms with E-state index in [1.54, 1.807) is 6.20 Å². The standard InChI is InChI=1S/C14H18N4O/c1-9-2-4-15-7-12(9)18-13-10(8-19)6-17-14-11(13)3-5-16-14/h3,5-6,8-9,12,15H,2,4,7H2,1H3,(H2,16,17,18)/t9-,12+/m1/s1. The Hall–Kier alpha value is -1.88. The number of aromatic amines is 1. The highest BCUT2D eigenvalue weighted by Crippen LogP contribution is 2.27. The summed E-state index contributed by atoms with van der Waals surface area (Å²) in [7, 11) is 0. The van der Waals surface area contributed by atoms with Gasteiger partial charge in [-0.05, 0) is 24.9 Å². The van der Waals surface area contributed by atoms with Gasteiger partial charge in [0.15, 0.2) is 6.29 Å². The number of fused-ring (bicyclic) bond motifs is 1. The largest absolute Gasteiger partial charge is 0.380 e. The van der Waals surface area contributed by atoms with Crippen molar-refractivity contribution in [3.05, 3.63) is 24.0 Å². The number of carbonyl (C=O) groups is 1. The second-order valence-electron chi connectivity index (χ2n) is 5.17. The average Bonchev–Trinajstić information content (AvgIpc) is 2.90. The minimum Gasteiger partial charge on any atom is -0.380 e. The first-order valence-electron chi connectivity index (χ1n) is 6.68. The predicted octanol–water partition coefficient (Wildman–Crippen LogP) is 1.79. The third-order valence-electron chi connectivity index (χ3n) is 3.90. The van der Waals surface area contributed by atoms with Crippen LogP contribution in [-0.2, 0) is 0 Å². The zero-order valence-corrected chi connectivity index (χ0v) is 10.9. The van der Waals surface area contributed by atoms with Crippen LogP contribution in [0.2, 0.25) is 0 Å². The molecule has 1 aliphatic rings. The molecule has 3 N–H and O–H groups in total. The number of H-pyrrole nitrogens is 1. The van der Waals surface area contributed by atoms with E-state index >= 15 is 0 Å². The molecule has 0 aromatic carbocycles. The van der Waals surface area contributed by atoms with E-state index in [1.165, 1.54) is 0 Å². The van der Waals surface area contributed by atoms with Crippen molar-refractivity contribution >= 4 is 23.0 Å². The highest BCUT2D eigenvalue weighted by molar-refractivity contribution is 5.99. The van der Waals surface area contributed by atoms with Gasteiger partial charge in [0, 0.05) is 30.4 Å². The maximum Gasteiger partial charge on any atom is 0.153 e. The van der Waals surface area contributed by atoms with E-state index in [4.69, 9.17) is 0 Å². The molecule has 1 fully saturated rings. The van der Waals surface area contributed by atoms with Crippen LogP contribution in [0.25, 0.3) is 11.0 Å². The van der Waals surface area contributed by atoms with Crippen LogP contribution in [0.1, 0.15) is 23.7 Å². The number of rotatable bonds is 3. The smallest absolute Gasteiger partial charge is 0.153 e. The van der Waals surface area contributed by atoms with Crippen molar-refractivity contribution in [2.45, 2.75) is 19.4 Å². The minimum atomic E-state index is 0.341. The van der Waals surface area contributed by atoms with Crippen LogP contribution in [-0.4, -0.2) is 35.4 Å². The van der Waals surface area contributed by atoms with Crippen molar-refractivity contribution in [2.24, 2.45) is 5.92 Å². The molecule has 19 heavy (non-hydrogen) atoms. The molecule has 2 aromatic rings. The topological polar surface area (TPSA) is 69.8 Å². The summed E-state index contributed by atoms with van der Waals surface area (Å²) in [4.78, 5) is 18.5. The highest BCUT2D eigenvalue weighted by Gasteiger charge is 2.22. The van der Waals surface area contributed by atoms with Gasteiger partial charge in [-0.3, -0.25) is 4.79 Å². The molecule has 5 nitrogen and oxygen atoms in total. The molecule has 0 spiro atoms. The van der Waals surface area contributed by atoms with Crippen LogP contribution in [0.4, 0.5) is 5.69 Å². The average molecular weight is 258 g/mol. The van der Waals surface area contributed by atoms with Gasteiger partial charge in [-0.1, -0.05) is 6.92 Å². The number of pyridine rings is 1. The third-order valence-corrected chi connectivity index (χ3v) is 3.90. The third kappa shape index (κ3) is 2.21. The molecule has 1 aliphatic heterocycles. The monoisotopic (exact) mass is 258 g/mol. The molecule has 3 heterocycles. The Kier molecular flexibility index (Phi) is 3.21. The molecule has 0 amide bonds. The molecular formula is C14H18N4O. The second kappa shape index (κ2) is 5.01. The number of nitrogens with one attached hydrogen (secondary N) is 3. The van der Waals surface area contributed by atoms with Crippen molar-refractivity contribution in [3.63, 3.8) is 0 Å². The Balaban J connectivity index is 1.98. The van der Waals surface area contributed by atoms with E-state index in [1.807, 2.05) is 12.3 Å². The maximum absolute atomic E-state index is 11.2. The second-order valence-corrected chi connectivity index (χ2v) is 5.17. The SMILES string of the molecule is C[C@@H]1CCNC[C@@H]1Nc1c(C=O)cnc2[nH]ccc12. The van der Waals surface area contributed by atoms with Gasteiger partial charge in [-0.2, -0.15) is 0 Å². The summed E-state index contributed by atoms with van der Waals surface area (Å²) in [5.41, 5.74) is 2.32. The number of carbonyl (C=O) groups excluding carboxylic acids is 1. The van der Waals surface area contributed by atoms with Crippen LogP contribution in [0, 0.1) is 5.92 Å². The summed E-state index contributed by atoms with van der Waals surface area (Å²) >= 11 is 0. The van der Waals surface area contributed by atoms with Gasteiger partial charge in [0.1, 0.15) is 5.65 Å². The Morgan fingerprint density at radius 1 is 1.53 bits per heavy atom. The Bertz CT molecular complexity index is 592. The summed E-state index contributed by atoms with van der Waals surface area (Å²) in [6, 6.07) is 2.30. The number of aromatic nitrogens is 2. The van der Waals surface area contributed by atoms with Crippen molar-refractivity contribution in [2.75, 3.05) is 18.4 Å². The summed E-state index contributed by atoms with van der Waals surface area (Å²) < 4.78 is 0. The van der Waals surface area contributed by atoms with E-state index in [-0.39, 0.29) is 0 Å². The van der Waals surface area contributed by atoms with Gasteiger partial charge in [-0.25, -0.2) is 4.98 Å². The summed E-state index contributed by atoms with van der Waals surface area (Å²) in [5.74, 6) is 0.586. The minimum absolute atomic E-state index is 0.341. The first-order valence-corrected chi connectivity index (χ1v) is 6.68. The molecule has 2 atom stereocenters. The number of aldehydes is 1. The fourth-order valence-electron chi connectivity index (χ4n) is 2.64. The fourth-order valence-corrected chi connectivity index (χ4v) is 2.64. The predicted molar refractivity (Wildman–Crippen MR) is 75.5 cm³/mol. The van der Waals surface area contributed by atoms with E-state index in [2.05, 4.69) is 27.5 Å². The van der Waals surface area contributed by atoms with E-state index in [9.17, 15) is 4.79 Å². The first-order chi connectivity index (χ1) is 9.29. The van der Waals surface area contributed by atoms with Gasteiger partial charge in [0.2, 0.25) is 0 Å². The van der Waals surface area contributed by atoms with Crippen molar-refractivity contribution in [1.29, 1.82) is 0 Å². The van der Waals surface area contributed by atoms with Gasteiger partial charge < -0.3 is 15.6 Å². The van der Waals surface area contributed by atoms with Crippen LogP contribution in [0.15, 0.2) is 18.5 Å². The maximum atomic E-state index is 11.2. The molecule has 100 valence electrons. The highest BCUT2D eigenvalue weighted by atomic mass is 16.1. The first kappa shape index (κ1) is 12.2. The van der Waals surface area contributed by atoms with Gasteiger partial charge in [0.05, 0.1) is 11.3 Å². The Morgan fingerprint density at radius 3 is 3.21 bits per heavy atom. The summed E-state index contributed by atoms with van der Waals surface area (Å²) in [6.07, 6.45) is 5.48. The molecule has 0 bridgehead atoms. The van der Waals surface area contributed by atoms with Gasteiger partial charge in [0.25, 0.3) is 0 Å². The molecule has 0 aliphatic carbocycles. The van der Waals surface area contributed by atoms with Crippen LogP contribution in [0.5, 0.6) is 0 Å². The van der Waals surface area contributed by atoms with Crippen LogP contribution < -0.4 is 10.6 Å². The fraction of sp³-hybridized carbons (Fsp3) is 0.429. The van der Waals surface area contributed by atoms with Gasteiger partial charge in [-0.15, -0.1) is 0 Å². The Labute approximate surface area is 111 Å². The lowest BCUT2D eigenvalue weighted by molar-refractivity contribution is 0.112. The zero-order valence-electron chi connectivity index (χ0n) is 10.9. The van der Waals surface area contributed by atoms with E-state index < -0.39 is 0 Å². The summed E-state index contributed by atoms with van der Waals surface area (Å²) in [6.45, 7) is 4.23. The lowest BCUT2D eigenvalue weighted by atomic mass is 9.94. The molecule has 1 saturated heterocycles. The molecular weight excluding hydrogens is 240 g/mol. The van der Waals surface area contributed by atoms with Crippen LogP contribution >= 0.6 is 0 Å². The van der Waals surface area contributed by atoms with E-state index in [0.29, 0.717) is 17.5 Å². The van der Waals surface area contributed by atoms with E-state index in [0.717, 1.165) is 42.5 Å². The van der Waals surface area contributed by atoms with Crippen molar-refractivity contribution in [1.82, 2.24) is 15.3 Å². The number of piperidine rings is 1. The molecule has 0 radical (unpaired) electrons. The van der Waals surface area contributed by atoms with Crippen molar-refractivity contribution < 1.29 is 4.79 Å². The van der Waals surface area contributed by atoms with Crippen LogP contribution in [0.3, 0.4) is 0 Å². The molecule has 2 aromatic heterocycles. The lowest BCUT2D eigenvalue weighted by Crippen LogP contribution is -2.44. The summed E-state index contributed by atoms with van der Waals surface area (Å²) in [5, 5.41) is 7.89. The van der Waals surface area contributed by atoms with Crippen molar-refractivity contribution in [3.8, 4) is 0 Å². The lowest BCUT2D eigenvalue weighted by Gasteiger charge is -2.31. The zero-order chi connectivity index (χ0) is 13.2. The number of hydrogen-bond acceptors (Lipinski definition) is 4. The normalized spacial score (nSPS) is 23.4. The molecule has 3 rings (SSSR count). The molecule has 0 saturated carbocycles. The molecule has 0 unspecified atom stereocenters. The van der Waals surface area contributed by atoms with Gasteiger partial charge >= 0.3 is 0 Å². The number of anilines is 1. The number of hydrogen-bond donors (Lipinski definition) is 3. The Morgan fingerprint density at radius 2 is 2.42 bits per heavy atom. The molecule has 5 heteroatoms.